The van der Waals surface area contributed by atoms with Crippen LogP contribution in [-0.2, 0) is 11.8 Å². The van der Waals surface area contributed by atoms with Crippen molar-refractivity contribution in [2.24, 2.45) is 0 Å². The highest BCUT2D eigenvalue weighted by atomic mass is 35.5. The summed E-state index contributed by atoms with van der Waals surface area (Å²) in [6.45, 7) is 1.42. The summed E-state index contributed by atoms with van der Waals surface area (Å²) in [4.78, 5) is 8.33. The number of benzene rings is 2. The molecule has 0 aromatic heterocycles. The van der Waals surface area contributed by atoms with Gasteiger partial charge in [-0.05, 0) is 28.4 Å². The van der Waals surface area contributed by atoms with E-state index in [9.17, 15) is 10.2 Å². The Morgan fingerprint density at radius 1 is 0.706 bits per heavy atom. The van der Waals surface area contributed by atoms with Crippen LogP contribution in [0.4, 0.5) is 4.79 Å². The molecule has 7 nitrogen and oxygen atoms in total. The van der Waals surface area contributed by atoms with E-state index in [4.69, 9.17) is 38.2 Å². The molecule has 0 radical (unpaired) electrons. The minimum atomic E-state index is -2.33. The van der Waals surface area contributed by atoms with Crippen molar-refractivity contribution in [3.63, 3.8) is 0 Å². The number of hydrogen-bond acceptors (Lipinski definition) is 5. The van der Waals surface area contributed by atoms with Crippen molar-refractivity contribution in [3.8, 4) is 0 Å². The fraction of sp³-hybridized carbons (Fsp3) is 0.480. The molecule has 0 bridgehead atoms. The summed E-state index contributed by atoms with van der Waals surface area (Å²) in [7, 11) is 12.4. The van der Waals surface area contributed by atoms with Crippen LogP contribution in [-0.4, -0.2) is 80.7 Å². The molecule has 0 fully saturated rings. The molecule has 0 aliphatic heterocycles. The summed E-state index contributed by atoms with van der Waals surface area (Å²) in [5.74, 6) is 1.04. The third-order valence-corrected chi connectivity index (χ3v) is 5.10. The lowest BCUT2D eigenvalue weighted by atomic mass is 10.1. The first-order valence-corrected chi connectivity index (χ1v) is 11.8. The number of carbonyl (C=O) groups is 1. The summed E-state index contributed by atoms with van der Waals surface area (Å²) in [5, 5.41) is 36.6. The van der Waals surface area contributed by atoms with Crippen LogP contribution in [0.1, 0.15) is 34.5 Å². The standard InChI is InChI=1S/2C12H19ClNO.CH2O3/c2*1-14(2,3)9-12(15)11-6-4-10(8-13)5-7-11;2-1(3)4/h2*4-7,12,15H,8-9H2,1-3H3;(H2,2,3,4)/q2*+1;/p-2. The molecule has 0 amide bonds. The first kappa shape index (κ1) is 32.1. The van der Waals surface area contributed by atoms with Gasteiger partial charge >= 0.3 is 0 Å². The summed E-state index contributed by atoms with van der Waals surface area (Å²) in [5.41, 5.74) is 4.07. The van der Waals surface area contributed by atoms with Gasteiger partial charge < -0.3 is 34.2 Å². The topological polar surface area (TPSA) is 104 Å². The molecule has 2 unspecified atom stereocenters. The molecule has 0 aliphatic rings. The highest BCUT2D eigenvalue weighted by Gasteiger charge is 2.17. The summed E-state index contributed by atoms with van der Waals surface area (Å²) in [6, 6.07) is 15.6. The monoisotopic (exact) mass is 516 g/mol. The van der Waals surface area contributed by atoms with Crippen LogP contribution in [0.25, 0.3) is 0 Å². The molecule has 2 rings (SSSR count). The van der Waals surface area contributed by atoms with Gasteiger partial charge in [0.05, 0.1) is 42.3 Å². The normalized spacial score (nSPS) is 13.0. The van der Waals surface area contributed by atoms with Crippen LogP contribution in [0.2, 0.25) is 0 Å². The predicted octanol–water partition coefficient (Wildman–Crippen LogP) is 1.88. The summed E-state index contributed by atoms with van der Waals surface area (Å²) in [6.07, 6.45) is -3.15. The Morgan fingerprint density at radius 3 is 1.12 bits per heavy atom. The van der Waals surface area contributed by atoms with Crippen LogP contribution in [0.5, 0.6) is 0 Å². The molecule has 34 heavy (non-hydrogen) atoms. The fourth-order valence-electron chi connectivity index (χ4n) is 2.91. The smallest absolute Gasteiger partial charge is 0.128 e. The summed E-state index contributed by atoms with van der Waals surface area (Å²) < 4.78 is 1.50. The maximum absolute atomic E-state index is 9.97. The Morgan fingerprint density at radius 2 is 0.941 bits per heavy atom. The Labute approximate surface area is 213 Å². The minimum Gasteiger partial charge on any atom is -0.652 e. The zero-order valence-electron chi connectivity index (χ0n) is 20.9. The molecule has 2 atom stereocenters. The molecule has 0 spiro atoms. The number of carbonyl (C=O) groups excluding carboxylic acids is 1. The van der Waals surface area contributed by atoms with E-state index in [2.05, 4.69) is 42.3 Å². The van der Waals surface area contributed by atoms with Gasteiger partial charge in [0, 0.05) is 11.8 Å². The van der Waals surface area contributed by atoms with Crippen LogP contribution in [0, 0.1) is 0 Å². The number of likely N-dealkylation sites (N-methyl/N-ethyl adjacent to an activating group) is 2. The number of carboxylic acid groups (broad SMARTS) is 2. The van der Waals surface area contributed by atoms with E-state index in [0.29, 0.717) is 24.8 Å². The van der Waals surface area contributed by atoms with E-state index >= 15 is 0 Å². The van der Waals surface area contributed by atoms with E-state index in [-0.39, 0.29) is 0 Å². The number of alkyl halides is 2. The highest BCUT2D eigenvalue weighted by molar-refractivity contribution is 6.17. The van der Waals surface area contributed by atoms with Gasteiger partial charge in [0.2, 0.25) is 0 Å². The molecular weight excluding hydrogens is 479 g/mol. The maximum Gasteiger partial charge on any atom is 0.128 e. The number of aliphatic hydroxyl groups excluding tert-OH is 2. The Bertz CT molecular complexity index is 763. The Balaban J connectivity index is 0.000000554. The van der Waals surface area contributed by atoms with Gasteiger partial charge in [-0.1, -0.05) is 48.5 Å². The average molecular weight is 517 g/mol. The lowest BCUT2D eigenvalue weighted by Crippen LogP contribution is -2.38. The van der Waals surface area contributed by atoms with Gasteiger partial charge in [0.25, 0.3) is 0 Å². The SMILES string of the molecule is C[N+](C)(C)CC(O)c1ccc(CCl)cc1.C[N+](C)(C)CC(O)c1ccc(CCl)cc1.O=C([O-])[O-]. The van der Waals surface area contributed by atoms with Crippen molar-refractivity contribution in [1.29, 1.82) is 0 Å². The molecule has 0 heterocycles. The highest BCUT2D eigenvalue weighted by Crippen LogP contribution is 2.18. The second-order valence-electron chi connectivity index (χ2n) is 9.98. The Hall–Kier alpha value is -1.87. The maximum atomic E-state index is 9.97. The van der Waals surface area contributed by atoms with E-state index < -0.39 is 18.4 Å². The second kappa shape index (κ2) is 15.2. The number of halogens is 2. The lowest BCUT2D eigenvalue weighted by molar-refractivity contribution is -0.874. The summed E-state index contributed by atoms with van der Waals surface area (Å²) >= 11 is 11.4. The number of quaternary nitrogens is 2. The van der Waals surface area contributed by atoms with E-state index in [1.807, 2.05) is 48.5 Å². The molecule has 2 aromatic carbocycles. The average Bonchev–Trinajstić information content (AvgIpc) is 2.71. The minimum absolute atomic E-state index is 0.408. The van der Waals surface area contributed by atoms with Gasteiger partial charge in [0.15, 0.2) is 0 Å². The van der Waals surface area contributed by atoms with E-state index in [1.54, 1.807) is 0 Å². The van der Waals surface area contributed by atoms with Gasteiger partial charge in [-0.15, -0.1) is 23.2 Å². The van der Waals surface area contributed by atoms with E-state index in [0.717, 1.165) is 31.2 Å². The van der Waals surface area contributed by atoms with Gasteiger partial charge in [0.1, 0.15) is 25.3 Å². The quantitative estimate of drug-likeness (QED) is 0.411. The van der Waals surface area contributed by atoms with Crippen molar-refractivity contribution in [2.75, 3.05) is 55.4 Å². The third-order valence-electron chi connectivity index (χ3n) is 4.48. The van der Waals surface area contributed by atoms with Crippen molar-refractivity contribution in [3.05, 3.63) is 70.8 Å². The largest absolute Gasteiger partial charge is 0.652 e. The number of hydrogen-bond donors (Lipinski definition) is 2. The van der Waals surface area contributed by atoms with Crippen molar-refractivity contribution >= 4 is 29.4 Å². The van der Waals surface area contributed by atoms with Crippen LogP contribution in [0.3, 0.4) is 0 Å². The molecule has 192 valence electrons. The van der Waals surface area contributed by atoms with Gasteiger partial charge in [-0.2, -0.15) is 0 Å². The number of aliphatic hydroxyl groups is 2. The van der Waals surface area contributed by atoms with E-state index in [1.165, 1.54) is 0 Å². The number of rotatable bonds is 8. The first-order chi connectivity index (χ1) is 15.6. The van der Waals surface area contributed by atoms with Crippen LogP contribution < -0.4 is 10.2 Å². The van der Waals surface area contributed by atoms with Crippen LogP contribution in [0.15, 0.2) is 48.5 Å². The zero-order chi connectivity index (χ0) is 26.5. The van der Waals surface area contributed by atoms with Gasteiger partial charge in [-0.3, -0.25) is 0 Å². The van der Waals surface area contributed by atoms with Gasteiger partial charge in [-0.25, -0.2) is 0 Å². The molecule has 0 saturated heterocycles. The van der Waals surface area contributed by atoms with Crippen molar-refractivity contribution < 1.29 is 34.2 Å². The molecule has 0 aliphatic carbocycles. The first-order valence-electron chi connectivity index (χ1n) is 10.7. The molecule has 2 N–H and O–H groups in total. The van der Waals surface area contributed by atoms with Crippen molar-refractivity contribution in [1.82, 2.24) is 0 Å². The van der Waals surface area contributed by atoms with Crippen molar-refractivity contribution in [2.45, 2.75) is 24.0 Å². The molecule has 2 aromatic rings. The zero-order valence-corrected chi connectivity index (χ0v) is 22.4. The second-order valence-corrected chi connectivity index (χ2v) is 10.5. The molecule has 0 saturated carbocycles. The lowest BCUT2D eigenvalue weighted by Gasteiger charge is -2.26. The fourth-order valence-corrected chi connectivity index (χ4v) is 3.26. The van der Waals surface area contributed by atoms with Crippen LogP contribution >= 0.6 is 23.2 Å². The Kier molecular flexibility index (Phi) is 14.4. The predicted molar refractivity (Wildman–Crippen MR) is 133 cm³/mol. The molecular formula is C25H38Cl2N2O5. The number of nitrogens with zero attached hydrogens (tertiary/aromatic N) is 2. The third kappa shape index (κ3) is 15.9. The molecule has 9 heteroatoms.